The third-order valence-corrected chi connectivity index (χ3v) is 3.97. The molecule has 0 unspecified atom stereocenters. The summed E-state index contributed by atoms with van der Waals surface area (Å²) in [6, 6.07) is 14.5. The average Bonchev–Trinajstić information content (AvgIpc) is 3.08. The quantitative estimate of drug-likeness (QED) is 0.408. The number of hydrogen-bond acceptors (Lipinski definition) is 6. The van der Waals surface area contributed by atoms with E-state index in [1.54, 1.807) is 12.1 Å². The molecule has 0 saturated heterocycles. The Labute approximate surface area is 135 Å². The first kappa shape index (κ1) is 14.9. The third kappa shape index (κ3) is 3.80. The minimum atomic E-state index is -0.388. The van der Waals surface area contributed by atoms with Crippen molar-refractivity contribution >= 4 is 23.7 Å². The van der Waals surface area contributed by atoms with E-state index in [1.807, 2.05) is 30.3 Å². The fourth-order valence-electron chi connectivity index (χ4n) is 1.85. The van der Waals surface area contributed by atoms with Crippen molar-refractivity contribution in [2.75, 3.05) is 0 Å². The van der Waals surface area contributed by atoms with Gasteiger partial charge in [0.25, 0.3) is 5.69 Å². The van der Waals surface area contributed by atoms with Crippen molar-refractivity contribution in [3.63, 3.8) is 0 Å². The van der Waals surface area contributed by atoms with Gasteiger partial charge in [-0.3, -0.25) is 10.1 Å². The van der Waals surface area contributed by atoms with Gasteiger partial charge in [-0.2, -0.15) is 5.10 Å². The van der Waals surface area contributed by atoms with Crippen LogP contribution in [0, 0.1) is 10.1 Å². The maximum Gasteiger partial charge on any atom is 0.283 e. The highest BCUT2D eigenvalue weighted by Crippen LogP contribution is 2.34. The molecule has 8 heteroatoms. The summed E-state index contributed by atoms with van der Waals surface area (Å²) in [5, 5.41) is 22.7. The van der Waals surface area contributed by atoms with Crippen LogP contribution >= 0.6 is 11.8 Å². The van der Waals surface area contributed by atoms with Gasteiger partial charge in [0.2, 0.25) is 0 Å². The Kier molecular flexibility index (Phi) is 4.44. The first-order valence-electron chi connectivity index (χ1n) is 6.63. The van der Waals surface area contributed by atoms with Crippen molar-refractivity contribution in [3.8, 4) is 0 Å². The van der Waals surface area contributed by atoms with Crippen LogP contribution in [0.2, 0.25) is 0 Å². The van der Waals surface area contributed by atoms with Crippen molar-refractivity contribution in [2.24, 2.45) is 5.10 Å². The van der Waals surface area contributed by atoms with Crippen LogP contribution in [0.5, 0.6) is 0 Å². The molecule has 0 amide bonds. The topological polar surface area (TPSA) is 86.2 Å². The molecule has 0 saturated carbocycles. The van der Waals surface area contributed by atoms with Gasteiger partial charge >= 0.3 is 0 Å². The summed E-state index contributed by atoms with van der Waals surface area (Å²) in [6.45, 7) is 0. The smallest absolute Gasteiger partial charge is 0.258 e. The number of rotatable bonds is 5. The van der Waals surface area contributed by atoms with Gasteiger partial charge in [0.1, 0.15) is 12.7 Å². The zero-order valence-corrected chi connectivity index (χ0v) is 12.6. The Morgan fingerprint density at radius 3 is 2.57 bits per heavy atom. The van der Waals surface area contributed by atoms with Crippen molar-refractivity contribution in [3.05, 3.63) is 76.9 Å². The van der Waals surface area contributed by atoms with E-state index in [-0.39, 0.29) is 10.6 Å². The normalized spacial score (nSPS) is 11.0. The first-order chi connectivity index (χ1) is 11.2. The van der Waals surface area contributed by atoms with Gasteiger partial charge < -0.3 is 0 Å². The molecule has 1 aromatic heterocycles. The second-order valence-corrected chi connectivity index (χ2v) is 5.60. The van der Waals surface area contributed by atoms with Crippen LogP contribution in [0.25, 0.3) is 0 Å². The highest BCUT2D eigenvalue weighted by Gasteiger charge is 2.15. The number of nitro benzene ring substituents is 1. The highest BCUT2D eigenvalue weighted by atomic mass is 32.2. The molecule has 114 valence electrons. The van der Waals surface area contributed by atoms with Crippen molar-refractivity contribution in [1.29, 1.82) is 0 Å². The predicted octanol–water partition coefficient (Wildman–Crippen LogP) is 3.22. The monoisotopic (exact) mass is 325 g/mol. The van der Waals surface area contributed by atoms with Crippen LogP contribution in [0.3, 0.4) is 0 Å². The van der Waals surface area contributed by atoms with Crippen LogP contribution in [-0.2, 0) is 0 Å². The molecule has 3 rings (SSSR count). The minimum Gasteiger partial charge on any atom is -0.258 e. The number of nitro groups is 1. The van der Waals surface area contributed by atoms with E-state index in [1.165, 1.54) is 41.4 Å². The van der Waals surface area contributed by atoms with Gasteiger partial charge in [-0.05, 0) is 18.2 Å². The molecule has 0 aliphatic heterocycles. The van der Waals surface area contributed by atoms with E-state index in [2.05, 4.69) is 15.3 Å². The van der Waals surface area contributed by atoms with Gasteiger partial charge in [0.15, 0.2) is 0 Å². The molecule has 7 nitrogen and oxygen atoms in total. The molecular weight excluding hydrogens is 314 g/mol. The first-order valence-corrected chi connectivity index (χ1v) is 7.44. The largest absolute Gasteiger partial charge is 0.283 e. The number of hydrogen-bond donors (Lipinski definition) is 0. The lowest BCUT2D eigenvalue weighted by molar-refractivity contribution is -0.387. The van der Waals surface area contributed by atoms with E-state index in [0.29, 0.717) is 10.5 Å². The zero-order chi connectivity index (χ0) is 16.1. The summed E-state index contributed by atoms with van der Waals surface area (Å²) < 4.78 is 1.42. The molecule has 0 radical (unpaired) electrons. The Morgan fingerprint density at radius 1 is 1.13 bits per heavy atom. The summed E-state index contributed by atoms with van der Waals surface area (Å²) >= 11 is 1.36. The van der Waals surface area contributed by atoms with Gasteiger partial charge in [-0.15, -0.1) is 10.2 Å². The number of nitrogens with zero attached hydrogens (tertiary/aromatic N) is 5. The maximum atomic E-state index is 11.3. The summed E-state index contributed by atoms with van der Waals surface area (Å²) in [5.74, 6) is 0. The SMILES string of the molecule is O=[N+]([O-])c1cc(/C=N/n2cnnc2)ccc1Sc1ccccc1. The maximum absolute atomic E-state index is 11.3. The zero-order valence-electron chi connectivity index (χ0n) is 11.8. The van der Waals surface area contributed by atoms with E-state index in [9.17, 15) is 10.1 Å². The fourth-order valence-corrected chi connectivity index (χ4v) is 2.77. The summed E-state index contributed by atoms with van der Waals surface area (Å²) in [4.78, 5) is 12.5. The van der Waals surface area contributed by atoms with E-state index in [4.69, 9.17) is 0 Å². The fraction of sp³-hybridized carbons (Fsp3) is 0. The average molecular weight is 325 g/mol. The van der Waals surface area contributed by atoms with Crippen LogP contribution in [-0.4, -0.2) is 26.0 Å². The Bertz CT molecular complexity index is 834. The Balaban J connectivity index is 1.88. The molecule has 0 spiro atoms. The van der Waals surface area contributed by atoms with Crippen LogP contribution in [0.1, 0.15) is 5.56 Å². The van der Waals surface area contributed by atoms with Crippen molar-refractivity contribution in [2.45, 2.75) is 9.79 Å². The van der Waals surface area contributed by atoms with Gasteiger partial charge in [0, 0.05) is 16.5 Å². The lowest BCUT2D eigenvalue weighted by Gasteiger charge is -2.04. The lowest BCUT2D eigenvalue weighted by Crippen LogP contribution is -1.94. The molecule has 23 heavy (non-hydrogen) atoms. The van der Waals surface area contributed by atoms with Gasteiger partial charge in [-0.1, -0.05) is 36.0 Å². The highest BCUT2D eigenvalue weighted by molar-refractivity contribution is 7.99. The van der Waals surface area contributed by atoms with E-state index >= 15 is 0 Å². The summed E-state index contributed by atoms with van der Waals surface area (Å²) in [7, 11) is 0. The van der Waals surface area contributed by atoms with Gasteiger partial charge in [-0.25, -0.2) is 4.68 Å². The van der Waals surface area contributed by atoms with Crippen molar-refractivity contribution in [1.82, 2.24) is 14.9 Å². The molecule has 2 aromatic carbocycles. The molecule has 0 aliphatic rings. The van der Waals surface area contributed by atoms with E-state index < -0.39 is 0 Å². The van der Waals surface area contributed by atoms with Crippen LogP contribution in [0.4, 0.5) is 5.69 Å². The summed E-state index contributed by atoms with van der Waals surface area (Å²) in [5.41, 5.74) is 0.675. The molecule has 0 fully saturated rings. The third-order valence-electron chi connectivity index (χ3n) is 2.90. The Hall–Kier alpha value is -3.00. The second kappa shape index (κ2) is 6.84. The second-order valence-electron chi connectivity index (χ2n) is 4.49. The molecule has 1 heterocycles. The summed E-state index contributed by atoms with van der Waals surface area (Å²) in [6.07, 6.45) is 4.39. The number of benzene rings is 2. The van der Waals surface area contributed by atoms with Crippen LogP contribution < -0.4 is 0 Å². The van der Waals surface area contributed by atoms with Crippen molar-refractivity contribution < 1.29 is 4.92 Å². The molecule has 0 bridgehead atoms. The predicted molar refractivity (Wildman–Crippen MR) is 86.7 cm³/mol. The van der Waals surface area contributed by atoms with E-state index in [0.717, 1.165) is 4.90 Å². The molecule has 0 aliphatic carbocycles. The van der Waals surface area contributed by atoms with Gasteiger partial charge in [0.05, 0.1) is 16.0 Å². The molecular formula is C15H11N5O2S. The molecule has 0 N–H and O–H groups in total. The lowest BCUT2D eigenvalue weighted by atomic mass is 10.2. The minimum absolute atomic E-state index is 0.0477. The molecule has 3 aromatic rings. The number of aromatic nitrogens is 3. The van der Waals surface area contributed by atoms with Crippen LogP contribution in [0.15, 0.2) is 76.1 Å². The Morgan fingerprint density at radius 2 is 1.87 bits per heavy atom. The molecule has 0 atom stereocenters. The standard InChI is InChI=1S/C15H11N5O2S/c21-20(22)14-8-12(9-18-19-10-16-17-11-19)6-7-15(14)23-13-4-2-1-3-5-13/h1-11H/b18-9+.